The predicted octanol–water partition coefficient (Wildman–Crippen LogP) is 2.02. The van der Waals surface area contributed by atoms with Gasteiger partial charge in [0.1, 0.15) is 0 Å². The normalized spacial score (nSPS) is 11.7. The highest BCUT2D eigenvalue weighted by atomic mass is 32.1. The molecule has 0 aliphatic carbocycles. The van der Waals surface area contributed by atoms with Crippen molar-refractivity contribution in [1.29, 1.82) is 0 Å². The van der Waals surface area contributed by atoms with Crippen LogP contribution in [0.5, 0.6) is 0 Å². The number of aryl methyl sites for hydroxylation is 4. The van der Waals surface area contributed by atoms with Crippen LogP contribution in [-0.2, 0) is 13.1 Å². The Morgan fingerprint density at radius 2 is 2.14 bits per heavy atom. The van der Waals surface area contributed by atoms with Crippen LogP contribution < -0.4 is 10.6 Å². The van der Waals surface area contributed by atoms with E-state index in [1.807, 2.05) is 24.0 Å². The van der Waals surface area contributed by atoms with E-state index in [0.29, 0.717) is 0 Å². The topological polar surface area (TPSA) is 67.1 Å². The molecule has 22 heavy (non-hydrogen) atoms. The Morgan fingerprint density at radius 1 is 1.32 bits per heavy atom. The van der Waals surface area contributed by atoms with E-state index in [-0.39, 0.29) is 0 Å². The van der Waals surface area contributed by atoms with Gasteiger partial charge in [0.2, 0.25) is 0 Å². The van der Waals surface area contributed by atoms with Crippen molar-refractivity contribution in [2.24, 2.45) is 4.99 Å². The molecule has 2 aromatic rings. The zero-order valence-corrected chi connectivity index (χ0v) is 14.5. The Bertz CT molecular complexity index is 628. The number of hydrogen-bond acceptors (Lipinski definition) is 4. The first-order valence-electron chi connectivity index (χ1n) is 7.44. The van der Waals surface area contributed by atoms with Crippen molar-refractivity contribution < 1.29 is 0 Å². The summed E-state index contributed by atoms with van der Waals surface area (Å²) in [5.41, 5.74) is 5.23. The molecule has 0 saturated carbocycles. The molecular weight excluding hydrogens is 296 g/mol. The Hall–Kier alpha value is -1.89. The number of rotatable bonds is 6. The van der Waals surface area contributed by atoms with Crippen LogP contribution in [0.2, 0.25) is 0 Å². The molecule has 0 fully saturated rings. The first-order valence-corrected chi connectivity index (χ1v) is 8.32. The molecule has 0 atom stereocenters. The lowest BCUT2D eigenvalue weighted by Gasteiger charge is -2.11. The van der Waals surface area contributed by atoms with Crippen LogP contribution >= 0.6 is 11.3 Å². The van der Waals surface area contributed by atoms with Gasteiger partial charge in [-0.1, -0.05) is 0 Å². The van der Waals surface area contributed by atoms with E-state index in [2.05, 4.69) is 38.7 Å². The molecule has 0 saturated heterocycles. The van der Waals surface area contributed by atoms with Crippen LogP contribution in [0.4, 0.5) is 0 Å². The van der Waals surface area contributed by atoms with E-state index in [9.17, 15) is 0 Å². The van der Waals surface area contributed by atoms with Gasteiger partial charge in [-0.15, -0.1) is 11.3 Å². The molecular formula is C15H24N6S. The number of thiazole rings is 1. The summed E-state index contributed by atoms with van der Waals surface area (Å²) in [7, 11) is 1.79. The van der Waals surface area contributed by atoms with Crippen molar-refractivity contribution >= 4 is 17.3 Å². The molecule has 2 rings (SSSR count). The third-order valence-corrected chi connectivity index (χ3v) is 4.36. The van der Waals surface area contributed by atoms with Gasteiger partial charge < -0.3 is 10.6 Å². The molecule has 0 aliphatic heterocycles. The van der Waals surface area contributed by atoms with E-state index in [1.54, 1.807) is 18.4 Å². The van der Waals surface area contributed by atoms with E-state index in [4.69, 9.17) is 0 Å². The number of aromatic nitrogens is 3. The standard InChI is InChI=1S/C15H24N6S/c1-11-8-12(2)21(20-11)7-5-6-17-15(16-4)18-9-14-13(3)19-10-22-14/h8,10H,5-7,9H2,1-4H3,(H2,16,17,18). The Morgan fingerprint density at radius 3 is 2.73 bits per heavy atom. The lowest BCUT2D eigenvalue weighted by atomic mass is 10.4. The van der Waals surface area contributed by atoms with Gasteiger partial charge in [-0.25, -0.2) is 4.98 Å². The van der Waals surface area contributed by atoms with Crippen LogP contribution in [-0.4, -0.2) is 34.3 Å². The Kier molecular flexibility index (Phi) is 5.94. The average molecular weight is 320 g/mol. The molecule has 0 radical (unpaired) electrons. The fourth-order valence-corrected chi connectivity index (χ4v) is 2.93. The number of nitrogens with one attached hydrogen (secondary N) is 2. The number of guanidine groups is 1. The first-order chi connectivity index (χ1) is 10.6. The summed E-state index contributed by atoms with van der Waals surface area (Å²) in [6, 6.07) is 2.10. The minimum atomic E-state index is 0.758. The van der Waals surface area contributed by atoms with Gasteiger partial charge in [0, 0.05) is 30.7 Å². The highest BCUT2D eigenvalue weighted by molar-refractivity contribution is 7.09. The van der Waals surface area contributed by atoms with Crippen LogP contribution in [0, 0.1) is 20.8 Å². The lowest BCUT2D eigenvalue weighted by molar-refractivity contribution is 0.555. The number of hydrogen-bond donors (Lipinski definition) is 2. The van der Waals surface area contributed by atoms with Gasteiger partial charge in [-0.3, -0.25) is 9.67 Å². The molecule has 0 bridgehead atoms. The van der Waals surface area contributed by atoms with Crippen molar-refractivity contribution in [2.45, 2.75) is 40.3 Å². The van der Waals surface area contributed by atoms with Gasteiger partial charge >= 0.3 is 0 Å². The van der Waals surface area contributed by atoms with Crippen LogP contribution in [0.3, 0.4) is 0 Å². The Balaban J connectivity index is 1.70. The molecule has 2 heterocycles. The second-order valence-electron chi connectivity index (χ2n) is 5.22. The molecule has 2 aromatic heterocycles. The fourth-order valence-electron chi connectivity index (χ4n) is 2.22. The minimum Gasteiger partial charge on any atom is -0.356 e. The second kappa shape index (κ2) is 7.93. The van der Waals surface area contributed by atoms with Crippen molar-refractivity contribution in [3.8, 4) is 0 Å². The number of aliphatic imine (C=N–C) groups is 1. The van der Waals surface area contributed by atoms with Gasteiger partial charge in [0.25, 0.3) is 0 Å². The Labute approximate surface area is 135 Å². The smallest absolute Gasteiger partial charge is 0.191 e. The summed E-state index contributed by atoms with van der Waals surface area (Å²) < 4.78 is 2.05. The largest absolute Gasteiger partial charge is 0.356 e. The molecule has 6 nitrogen and oxygen atoms in total. The molecule has 0 amide bonds. The van der Waals surface area contributed by atoms with Crippen LogP contribution in [0.25, 0.3) is 0 Å². The van der Waals surface area contributed by atoms with Gasteiger partial charge in [0.15, 0.2) is 5.96 Å². The molecule has 0 spiro atoms. The van der Waals surface area contributed by atoms with E-state index in [0.717, 1.165) is 43.4 Å². The maximum atomic E-state index is 4.46. The monoisotopic (exact) mass is 320 g/mol. The third-order valence-electron chi connectivity index (χ3n) is 3.43. The molecule has 0 aliphatic rings. The highest BCUT2D eigenvalue weighted by Crippen LogP contribution is 2.10. The average Bonchev–Trinajstić information content (AvgIpc) is 3.03. The van der Waals surface area contributed by atoms with Crippen molar-refractivity contribution in [2.75, 3.05) is 13.6 Å². The summed E-state index contributed by atoms with van der Waals surface area (Å²) in [5.74, 6) is 0.821. The minimum absolute atomic E-state index is 0.758. The van der Waals surface area contributed by atoms with Gasteiger partial charge in [-0.2, -0.15) is 5.10 Å². The highest BCUT2D eigenvalue weighted by Gasteiger charge is 2.04. The molecule has 2 N–H and O–H groups in total. The van der Waals surface area contributed by atoms with E-state index in [1.165, 1.54) is 10.6 Å². The fraction of sp³-hybridized carbons (Fsp3) is 0.533. The first kappa shape index (κ1) is 16.5. The molecule has 7 heteroatoms. The maximum absolute atomic E-state index is 4.46. The molecule has 120 valence electrons. The zero-order chi connectivity index (χ0) is 15.9. The maximum Gasteiger partial charge on any atom is 0.191 e. The van der Waals surface area contributed by atoms with Crippen molar-refractivity contribution in [1.82, 2.24) is 25.4 Å². The summed E-state index contributed by atoms with van der Waals surface area (Å²) in [6.07, 6.45) is 1.00. The quantitative estimate of drug-likeness (QED) is 0.485. The van der Waals surface area contributed by atoms with E-state index >= 15 is 0 Å². The van der Waals surface area contributed by atoms with Crippen molar-refractivity contribution in [3.05, 3.63) is 33.5 Å². The zero-order valence-electron chi connectivity index (χ0n) is 13.7. The summed E-state index contributed by atoms with van der Waals surface area (Å²) >= 11 is 1.66. The van der Waals surface area contributed by atoms with E-state index < -0.39 is 0 Å². The molecule has 0 unspecified atom stereocenters. The van der Waals surface area contributed by atoms with Crippen LogP contribution in [0.1, 0.15) is 28.4 Å². The third kappa shape index (κ3) is 4.56. The van der Waals surface area contributed by atoms with Crippen LogP contribution in [0.15, 0.2) is 16.6 Å². The predicted molar refractivity (Wildman–Crippen MR) is 91.4 cm³/mol. The SMILES string of the molecule is CN=C(NCCCn1nc(C)cc1C)NCc1scnc1C. The summed E-state index contributed by atoms with van der Waals surface area (Å²) in [4.78, 5) is 9.73. The summed E-state index contributed by atoms with van der Waals surface area (Å²) in [5, 5.41) is 11.1. The van der Waals surface area contributed by atoms with Gasteiger partial charge in [0.05, 0.1) is 23.4 Å². The molecule has 0 aromatic carbocycles. The summed E-state index contributed by atoms with van der Waals surface area (Å²) in [6.45, 7) is 8.67. The second-order valence-corrected chi connectivity index (χ2v) is 6.16. The number of nitrogens with zero attached hydrogens (tertiary/aromatic N) is 4. The lowest BCUT2D eigenvalue weighted by Crippen LogP contribution is -2.37. The van der Waals surface area contributed by atoms with Crippen molar-refractivity contribution in [3.63, 3.8) is 0 Å². The van der Waals surface area contributed by atoms with Gasteiger partial charge in [-0.05, 0) is 33.3 Å².